The van der Waals surface area contributed by atoms with Crippen LogP contribution in [0.15, 0.2) is 71.8 Å². The van der Waals surface area contributed by atoms with Crippen LogP contribution < -0.4 is 9.47 Å². The minimum Gasteiger partial charge on any atom is -0.507 e. The molecule has 5 nitrogen and oxygen atoms in total. The molecule has 0 saturated heterocycles. The number of ether oxygens (including phenoxy) is 2. The number of phenols is 1. The van der Waals surface area contributed by atoms with Gasteiger partial charge in [0.15, 0.2) is 0 Å². The summed E-state index contributed by atoms with van der Waals surface area (Å²) in [6, 6.07) is 21.7. The molecule has 0 saturated carbocycles. The van der Waals surface area contributed by atoms with Gasteiger partial charge in [-0.1, -0.05) is 48.0 Å². The van der Waals surface area contributed by atoms with Crippen LogP contribution in [0, 0.1) is 6.92 Å². The van der Waals surface area contributed by atoms with Gasteiger partial charge < -0.3 is 14.6 Å². The lowest BCUT2D eigenvalue weighted by Crippen LogP contribution is -2.33. The lowest BCUT2D eigenvalue weighted by Gasteiger charge is -2.38. The van der Waals surface area contributed by atoms with Crippen molar-refractivity contribution < 1.29 is 14.6 Å². The average molecular weight is 386 g/mol. The third-order valence-corrected chi connectivity index (χ3v) is 5.54. The van der Waals surface area contributed by atoms with E-state index in [2.05, 4.69) is 31.2 Å². The summed E-state index contributed by atoms with van der Waals surface area (Å²) in [6.07, 6.45) is 0.365. The summed E-state index contributed by atoms with van der Waals surface area (Å²) in [5.41, 5.74) is 4.86. The fourth-order valence-corrected chi connectivity index (χ4v) is 4.11. The first kappa shape index (κ1) is 17.6. The van der Waals surface area contributed by atoms with E-state index in [-0.39, 0.29) is 18.0 Å². The third kappa shape index (κ3) is 2.99. The maximum absolute atomic E-state index is 10.5. The number of rotatable bonds is 3. The summed E-state index contributed by atoms with van der Waals surface area (Å²) >= 11 is 0. The van der Waals surface area contributed by atoms with Gasteiger partial charge in [0.05, 0.1) is 18.9 Å². The standard InChI is InChI=1S/C24H22N2O3/c1-15-6-5-7-16(12-15)24-26-21(18-8-3-4-9-23(18)29-24)14-20(25-26)19-13-17(28-2)10-11-22(19)27/h3-13,21,24,27H,14H2,1-2H3. The topological polar surface area (TPSA) is 54.3 Å². The Morgan fingerprint density at radius 3 is 2.76 bits per heavy atom. The van der Waals surface area contributed by atoms with Crippen molar-refractivity contribution in [3.63, 3.8) is 0 Å². The number of hydrazone groups is 1. The van der Waals surface area contributed by atoms with Gasteiger partial charge in [0.25, 0.3) is 0 Å². The summed E-state index contributed by atoms with van der Waals surface area (Å²) in [6.45, 7) is 2.07. The molecule has 0 radical (unpaired) electrons. The number of nitrogens with zero attached hydrogens (tertiary/aromatic N) is 2. The van der Waals surface area contributed by atoms with Crippen LogP contribution in [-0.4, -0.2) is 22.9 Å². The summed E-state index contributed by atoms with van der Waals surface area (Å²) in [7, 11) is 1.62. The van der Waals surface area contributed by atoms with E-state index in [1.807, 2.05) is 35.3 Å². The number of methoxy groups -OCH3 is 1. The normalized spacial score (nSPS) is 19.8. The fourth-order valence-electron chi connectivity index (χ4n) is 4.11. The maximum Gasteiger partial charge on any atom is 0.213 e. The molecule has 0 spiro atoms. The Labute approximate surface area is 169 Å². The van der Waals surface area contributed by atoms with Crippen molar-refractivity contribution in [2.24, 2.45) is 5.10 Å². The molecule has 1 N–H and O–H groups in total. The predicted octanol–water partition coefficient (Wildman–Crippen LogP) is 4.95. The number of para-hydroxylation sites is 1. The third-order valence-electron chi connectivity index (χ3n) is 5.54. The SMILES string of the molecule is COc1ccc(O)c(C2=NN3C(C2)c2ccccc2OC3c2cccc(C)c2)c1. The van der Waals surface area contributed by atoms with Gasteiger partial charge in [-0.05, 0) is 31.2 Å². The number of benzene rings is 3. The summed E-state index contributed by atoms with van der Waals surface area (Å²) in [5, 5.41) is 17.4. The largest absolute Gasteiger partial charge is 0.507 e. The Hall–Kier alpha value is -3.47. The number of aromatic hydroxyl groups is 1. The predicted molar refractivity (Wildman–Crippen MR) is 111 cm³/mol. The monoisotopic (exact) mass is 386 g/mol. The lowest BCUT2D eigenvalue weighted by molar-refractivity contribution is -0.0190. The van der Waals surface area contributed by atoms with Crippen molar-refractivity contribution in [3.05, 3.63) is 89.0 Å². The Morgan fingerprint density at radius 1 is 1.07 bits per heavy atom. The zero-order chi connectivity index (χ0) is 20.0. The maximum atomic E-state index is 10.5. The van der Waals surface area contributed by atoms with Gasteiger partial charge in [-0.3, -0.25) is 0 Å². The van der Waals surface area contributed by atoms with E-state index in [0.29, 0.717) is 17.7 Å². The molecular weight excluding hydrogens is 364 g/mol. The van der Waals surface area contributed by atoms with Crippen LogP contribution in [0.25, 0.3) is 0 Å². The highest BCUT2D eigenvalue weighted by atomic mass is 16.5. The zero-order valence-corrected chi connectivity index (χ0v) is 16.4. The molecular formula is C24H22N2O3. The van der Waals surface area contributed by atoms with E-state index in [4.69, 9.17) is 14.6 Å². The van der Waals surface area contributed by atoms with Gasteiger partial charge in [0.1, 0.15) is 17.2 Å². The van der Waals surface area contributed by atoms with Crippen LogP contribution in [0.2, 0.25) is 0 Å². The van der Waals surface area contributed by atoms with Crippen molar-refractivity contribution in [1.29, 1.82) is 0 Å². The molecule has 146 valence electrons. The molecule has 0 aliphatic carbocycles. The number of aryl methyl sites for hydroxylation is 1. The Balaban J connectivity index is 1.61. The summed E-state index contributed by atoms with van der Waals surface area (Å²) in [5.74, 6) is 1.77. The van der Waals surface area contributed by atoms with Crippen LogP contribution in [0.5, 0.6) is 17.2 Å². The second kappa shape index (κ2) is 6.85. The smallest absolute Gasteiger partial charge is 0.213 e. The van der Waals surface area contributed by atoms with Crippen LogP contribution in [0.4, 0.5) is 0 Å². The molecule has 3 aromatic rings. The number of hydrogen-bond donors (Lipinski definition) is 1. The molecule has 2 aliphatic heterocycles. The second-order valence-corrected chi connectivity index (χ2v) is 7.45. The number of phenolic OH excluding ortho intramolecular Hbond substituents is 1. The molecule has 0 amide bonds. The van der Waals surface area contributed by atoms with Gasteiger partial charge in [-0.25, -0.2) is 5.01 Å². The molecule has 0 fully saturated rings. The molecule has 29 heavy (non-hydrogen) atoms. The molecule has 2 heterocycles. The molecule has 0 aromatic heterocycles. The number of fused-ring (bicyclic) bond motifs is 3. The first-order valence-electron chi connectivity index (χ1n) is 9.69. The highest BCUT2D eigenvalue weighted by molar-refractivity contribution is 6.04. The molecule has 2 aliphatic rings. The van der Waals surface area contributed by atoms with Gasteiger partial charge in [-0.2, -0.15) is 5.10 Å². The quantitative estimate of drug-likeness (QED) is 0.692. The molecule has 3 aromatic carbocycles. The van der Waals surface area contributed by atoms with Crippen LogP contribution in [0.3, 0.4) is 0 Å². The van der Waals surface area contributed by atoms with Crippen LogP contribution in [-0.2, 0) is 0 Å². The number of hydrogen-bond acceptors (Lipinski definition) is 5. The second-order valence-electron chi connectivity index (χ2n) is 7.45. The van der Waals surface area contributed by atoms with Gasteiger partial charge in [0.2, 0.25) is 6.23 Å². The van der Waals surface area contributed by atoms with Crippen molar-refractivity contribution in [2.45, 2.75) is 25.6 Å². The van der Waals surface area contributed by atoms with Crippen molar-refractivity contribution >= 4 is 5.71 Å². The first-order chi connectivity index (χ1) is 14.1. The highest BCUT2D eigenvalue weighted by Gasteiger charge is 2.41. The van der Waals surface area contributed by atoms with E-state index in [9.17, 15) is 5.11 Å². The molecule has 2 unspecified atom stereocenters. The van der Waals surface area contributed by atoms with E-state index in [0.717, 1.165) is 22.6 Å². The fraction of sp³-hybridized carbons (Fsp3) is 0.208. The van der Waals surface area contributed by atoms with Crippen molar-refractivity contribution in [1.82, 2.24) is 5.01 Å². The zero-order valence-electron chi connectivity index (χ0n) is 16.4. The molecule has 5 rings (SSSR count). The van der Waals surface area contributed by atoms with Crippen LogP contribution in [0.1, 0.15) is 40.9 Å². The van der Waals surface area contributed by atoms with Crippen molar-refractivity contribution in [2.75, 3.05) is 7.11 Å². The summed E-state index contributed by atoms with van der Waals surface area (Å²) < 4.78 is 11.7. The molecule has 2 atom stereocenters. The highest BCUT2D eigenvalue weighted by Crippen LogP contribution is 2.48. The first-order valence-corrected chi connectivity index (χ1v) is 9.69. The summed E-state index contributed by atoms with van der Waals surface area (Å²) in [4.78, 5) is 0. The van der Waals surface area contributed by atoms with E-state index in [1.54, 1.807) is 19.2 Å². The minimum absolute atomic E-state index is 0.0473. The van der Waals surface area contributed by atoms with E-state index < -0.39 is 0 Å². The lowest BCUT2D eigenvalue weighted by atomic mass is 9.95. The Morgan fingerprint density at radius 2 is 1.93 bits per heavy atom. The van der Waals surface area contributed by atoms with Crippen molar-refractivity contribution in [3.8, 4) is 17.2 Å². The van der Waals surface area contributed by atoms with Gasteiger partial charge in [-0.15, -0.1) is 0 Å². The Kier molecular flexibility index (Phi) is 4.16. The minimum atomic E-state index is -0.319. The van der Waals surface area contributed by atoms with Gasteiger partial charge >= 0.3 is 0 Å². The molecule has 0 bridgehead atoms. The molecule has 5 heteroatoms. The van der Waals surface area contributed by atoms with E-state index in [1.165, 1.54) is 5.56 Å². The van der Waals surface area contributed by atoms with Crippen LogP contribution >= 0.6 is 0 Å². The Bertz CT molecular complexity index is 1110. The van der Waals surface area contributed by atoms with E-state index >= 15 is 0 Å². The average Bonchev–Trinajstić information content (AvgIpc) is 3.19. The van der Waals surface area contributed by atoms with Gasteiger partial charge in [0, 0.05) is 23.1 Å².